The van der Waals surface area contributed by atoms with Crippen molar-refractivity contribution < 1.29 is 34.0 Å². The zero-order valence-corrected chi connectivity index (χ0v) is 24.2. The molecule has 3 rings (SSSR count). The molecule has 2 aliphatic rings. The molecule has 226 valence electrons. The lowest BCUT2D eigenvalue weighted by Gasteiger charge is -2.43. The summed E-state index contributed by atoms with van der Waals surface area (Å²) in [5.41, 5.74) is -1.40. The van der Waals surface area contributed by atoms with Crippen LogP contribution in [0.4, 0.5) is 14.0 Å². The van der Waals surface area contributed by atoms with Crippen LogP contribution in [0.2, 0.25) is 5.02 Å². The van der Waals surface area contributed by atoms with E-state index in [1.54, 1.807) is 24.1 Å². The fourth-order valence-corrected chi connectivity index (χ4v) is 6.44. The molecule has 1 aliphatic heterocycles. The summed E-state index contributed by atoms with van der Waals surface area (Å²) in [7, 11) is 1.61. The quantitative estimate of drug-likeness (QED) is 0.210. The summed E-state index contributed by atoms with van der Waals surface area (Å²) >= 11 is 6.09. The first-order valence-corrected chi connectivity index (χ1v) is 14.9. The van der Waals surface area contributed by atoms with Crippen LogP contribution >= 0.6 is 11.6 Å². The van der Waals surface area contributed by atoms with Crippen molar-refractivity contribution in [3.8, 4) is 0 Å². The number of piperidine rings is 1. The van der Waals surface area contributed by atoms with Crippen LogP contribution in [-0.2, 0) is 10.3 Å². The number of likely N-dealkylation sites (tertiary alicyclic amines) is 1. The number of hydrogen-bond donors (Lipinski definition) is 5. The average Bonchev–Trinajstić information content (AvgIpc) is 2.95. The lowest BCUT2D eigenvalue weighted by molar-refractivity contribution is -0.0589. The Balaban J connectivity index is 1.76. The summed E-state index contributed by atoms with van der Waals surface area (Å²) in [6, 6.07) is 3.62. The standard InChI is InChI=1S/C29H45ClFN3O6/c1-40-16-6-5-14-29(39,22-12-7-13-23(30)26(22)31)21-11-8-15-34(19-21)27(36)33-24(25(35)18-32-28(37)38)17-20-9-3-2-4-10-20/h7,12-13,20-21,24-25,32,35,39H,2-6,8-11,14-19H2,1H3,(H,33,36)(H,37,38)/t21-,24+,25+,29+/m1/s1. The van der Waals surface area contributed by atoms with Crippen molar-refractivity contribution in [1.82, 2.24) is 15.5 Å². The molecule has 5 N–H and O–H groups in total. The fourth-order valence-electron chi connectivity index (χ4n) is 6.27. The van der Waals surface area contributed by atoms with Crippen LogP contribution in [0.1, 0.15) is 76.2 Å². The van der Waals surface area contributed by atoms with Gasteiger partial charge in [-0.1, -0.05) is 55.8 Å². The van der Waals surface area contributed by atoms with Crippen LogP contribution < -0.4 is 10.6 Å². The van der Waals surface area contributed by atoms with E-state index in [0.29, 0.717) is 51.2 Å². The number of halogens is 2. The molecule has 1 aromatic carbocycles. The Hall–Kier alpha value is -2.14. The van der Waals surface area contributed by atoms with E-state index in [4.69, 9.17) is 21.4 Å². The topological polar surface area (TPSA) is 131 Å². The predicted octanol–water partition coefficient (Wildman–Crippen LogP) is 4.87. The maximum absolute atomic E-state index is 15.2. The van der Waals surface area contributed by atoms with Crippen LogP contribution in [0.3, 0.4) is 0 Å². The highest BCUT2D eigenvalue weighted by Crippen LogP contribution is 2.42. The number of carbonyl (C=O) groups excluding carboxylic acids is 1. The zero-order chi connectivity index (χ0) is 29.1. The smallest absolute Gasteiger partial charge is 0.404 e. The summed E-state index contributed by atoms with van der Waals surface area (Å²) in [6.07, 6.45) is 6.46. The number of benzene rings is 1. The molecule has 40 heavy (non-hydrogen) atoms. The summed E-state index contributed by atoms with van der Waals surface area (Å²) < 4.78 is 20.4. The molecular weight excluding hydrogens is 541 g/mol. The minimum atomic E-state index is -1.53. The number of urea groups is 1. The first kappa shape index (κ1) is 32.4. The molecule has 0 spiro atoms. The second-order valence-electron chi connectivity index (χ2n) is 11.3. The molecule has 9 nitrogen and oxygen atoms in total. The third kappa shape index (κ3) is 8.93. The number of aliphatic hydroxyl groups excluding tert-OH is 1. The van der Waals surface area contributed by atoms with Crippen molar-refractivity contribution in [3.63, 3.8) is 0 Å². The normalized spacial score (nSPS) is 21.3. The van der Waals surface area contributed by atoms with Crippen molar-refractivity contribution in [1.29, 1.82) is 0 Å². The number of amides is 3. The van der Waals surface area contributed by atoms with Crippen LogP contribution in [0.5, 0.6) is 0 Å². The predicted molar refractivity (Wildman–Crippen MR) is 151 cm³/mol. The van der Waals surface area contributed by atoms with Gasteiger partial charge in [0.25, 0.3) is 0 Å². The number of carboxylic acid groups (broad SMARTS) is 1. The first-order valence-electron chi connectivity index (χ1n) is 14.5. The molecule has 1 aromatic rings. The van der Waals surface area contributed by atoms with Gasteiger partial charge >= 0.3 is 12.1 Å². The van der Waals surface area contributed by atoms with Gasteiger partial charge in [-0.25, -0.2) is 14.0 Å². The molecule has 0 unspecified atom stereocenters. The highest BCUT2D eigenvalue weighted by molar-refractivity contribution is 6.30. The minimum absolute atomic E-state index is 0.0623. The van der Waals surface area contributed by atoms with Gasteiger partial charge in [0.15, 0.2) is 0 Å². The van der Waals surface area contributed by atoms with Crippen molar-refractivity contribution in [2.45, 2.75) is 88.4 Å². The van der Waals surface area contributed by atoms with Gasteiger partial charge in [-0.05, 0) is 50.5 Å². The van der Waals surface area contributed by atoms with E-state index < -0.39 is 35.6 Å². The number of carbonyl (C=O) groups is 2. The van der Waals surface area contributed by atoms with E-state index in [2.05, 4.69) is 10.6 Å². The monoisotopic (exact) mass is 585 g/mol. The molecule has 0 aromatic heterocycles. The number of unbranched alkanes of at least 4 members (excludes halogenated alkanes) is 1. The van der Waals surface area contributed by atoms with Gasteiger partial charge in [0.05, 0.1) is 22.8 Å². The van der Waals surface area contributed by atoms with E-state index in [0.717, 1.165) is 25.7 Å². The Morgan fingerprint density at radius 2 is 1.95 bits per heavy atom. The summed E-state index contributed by atoms with van der Waals surface area (Å²) in [6.45, 7) is 0.998. The Morgan fingerprint density at radius 1 is 1.20 bits per heavy atom. The fraction of sp³-hybridized carbons (Fsp3) is 0.724. The maximum atomic E-state index is 15.2. The van der Waals surface area contributed by atoms with E-state index in [-0.39, 0.29) is 36.1 Å². The van der Waals surface area contributed by atoms with Gasteiger partial charge in [-0.3, -0.25) is 0 Å². The van der Waals surface area contributed by atoms with Crippen molar-refractivity contribution in [2.24, 2.45) is 11.8 Å². The molecule has 0 bridgehead atoms. The summed E-state index contributed by atoms with van der Waals surface area (Å²) in [4.78, 5) is 26.1. The van der Waals surface area contributed by atoms with Crippen molar-refractivity contribution in [3.05, 3.63) is 34.6 Å². The van der Waals surface area contributed by atoms with Crippen LogP contribution in [-0.4, -0.2) is 77.8 Å². The lowest BCUT2D eigenvalue weighted by Crippen LogP contribution is -2.56. The van der Waals surface area contributed by atoms with E-state index in [9.17, 15) is 19.8 Å². The summed E-state index contributed by atoms with van der Waals surface area (Å²) in [5, 5.41) is 36.9. The largest absolute Gasteiger partial charge is 0.465 e. The van der Waals surface area contributed by atoms with Gasteiger partial charge < -0.3 is 35.6 Å². The number of aliphatic hydroxyl groups is 2. The molecule has 11 heteroatoms. The molecule has 1 heterocycles. The molecule has 4 atom stereocenters. The third-order valence-corrected chi connectivity index (χ3v) is 8.80. The highest BCUT2D eigenvalue weighted by Gasteiger charge is 2.43. The Morgan fingerprint density at radius 3 is 2.65 bits per heavy atom. The van der Waals surface area contributed by atoms with Gasteiger partial charge in [-0.2, -0.15) is 0 Å². The van der Waals surface area contributed by atoms with Crippen LogP contribution in [0, 0.1) is 17.7 Å². The number of nitrogens with zero attached hydrogens (tertiary/aromatic N) is 1. The van der Waals surface area contributed by atoms with E-state index >= 15 is 4.39 Å². The number of rotatable bonds is 13. The Kier molecular flexibility index (Phi) is 12.7. The second kappa shape index (κ2) is 15.7. The molecule has 2 fully saturated rings. The average molecular weight is 586 g/mol. The minimum Gasteiger partial charge on any atom is -0.465 e. The highest BCUT2D eigenvalue weighted by atomic mass is 35.5. The Bertz CT molecular complexity index is 966. The Labute approximate surface area is 241 Å². The maximum Gasteiger partial charge on any atom is 0.404 e. The third-order valence-electron chi connectivity index (χ3n) is 8.51. The molecule has 1 aliphatic carbocycles. The van der Waals surface area contributed by atoms with Crippen molar-refractivity contribution in [2.75, 3.05) is 33.4 Å². The molecule has 1 saturated carbocycles. The molecule has 0 radical (unpaired) electrons. The van der Waals surface area contributed by atoms with Gasteiger partial charge in [0, 0.05) is 44.8 Å². The van der Waals surface area contributed by atoms with Crippen LogP contribution in [0.15, 0.2) is 18.2 Å². The van der Waals surface area contributed by atoms with E-state index in [1.165, 1.54) is 12.5 Å². The second-order valence-corrected chi connectivity index (χ2v) is 11.7. The number of methoxy groups -OCH3 is 1. The van der Waals surface area contributed by atoms with Gasteiger partial charge in [0.2, 0.25) is 0 Å². The number of nitrogens with one attached hydrogen (secondary N) is 2. The zero-order valence-electron chi connectivity index (χ0n) is 23.4. The molecular formula is C29H45ClFN3O6. The van der Waals surface area contributed by atoms with Gasteiger partial charge in [0.1, 0.15) is 5.82 Å². The van der Waals surface area contributed by atoms with Crippen molar-refractivity contribution >= 4 is 23.7 Å². The van der Waals surface area contributed by atoms with E-state index in [1.807, 2.05) is 0 Å². The molecule has 3 amide bonds. The summed E-state index contributed by atoms with van der Waals surface area (Å²) in [5.74, 6) is -0.741. The van der Waals surface area contributed by atoms with Gasteiger partial charge in [-0.15, -0.1) is 0 Å². The van der Waals surface area contributed by atoms with Crippen LogP contribution in [0.25, 0.3) is 0 Å². The lowest BCUT2D eigenvalue weighted by atomic mass is 9.74. The SMILES string of the molecule is COCCCC[C@@](O)(c1cccc(Cl)c1F)[C@@H]1CCCN(C(=O)N[C@@H](CC2CCCCC2)[C@@H](O)CNC(=O)O)C1. The number of ether oxygens (including phenoxy) is 1. The first-order chi connectivity index (χ1) is 19.2. The molecule has 1 saturated heterocycles. The number of hydrogen-bond acceptors (Lipinski definition) is 5.